The lowest BCUT2D eigenvalue weighted by Crippen LogP contribution is -2.61. The molecule has 0 heterocycles. The average molecular weight is 212 g/mol. The minimum absolute atomic E-state index is 0.171. The second-order valence-electron chi connectivity index (χ2n) is 5.04. The lowest BCUT2D eigenvalue weighted by molar-refractivity contribution is -0.128. The molecule has 0 aliphatic heterocycles. The Morgan fingerprint density at radius 2 is 2.20 bits per heavy atom. The molecule has 3 unspecified atom stereocenters. The molecule has 1 saturated carbocycles. The minimum Gasteiger partial charge on any atom is -0.368 e. The van der Waals surface area contributed by atoms with E-state index in [1.807, 2.05) is 0 Å². The van der Waals surface area contributed by atoms with E-state index in [0.717, 1.165) is 38.1 Å². The summed E-state index contributed by atoms with van der Waals surface area (Å²) in [5.41, 5.74) is 5.14. The molecule has 15 heavy (non-hydrogen) atoms. The van der Waals surface area contributed by atoms with Crippen molar-refractivity contribution in [3.8, 4) is 0 Å². The van der Waals surface area contributed by atoms with Gasteiger partial charge in [0.2, 0.25) is 5.91 Å². The maximum Gasteiger partial charge on any atom is 0.238 e. The second-order valence-corrected chi connectivity index (χ2v) is 5.04. The van der Waals surface area contributed by atoms with Crippen molar-refractivity contribution in [2.24, 2.45) is 17.6 Å². The zero-order valence-electron chi connectivity index (χ0n) is 10.2. The molecule has 1 fully saturated rings. The summed E-state index contributed by atoms with van der Waals surface area (Å²) in [4.78, 5) is 11.7. The first-order valence-corrected chi connectivity index (χ1v) is 6.08. The molecule has 0 saturated heterocycles. The first-order chi connectivity index (χ1) is 7.03. The molecule has 0 radical (unpaired) electrons. The molecular formula is C12H24N2O. The molecule has 3 N–H and O–H groups in total. The highest BCUT2D eigenvalue weighted by atomic mass is 16.1. The topological polar surface area (TPSA) is 55.1 Å². The summed E-state index contributed by atoms with van der Waals surface area (Å²) < 4.78 is 0. The third-order valence-electron chi connectivity index (χ3n) is 3.76. The van der Waals surface area contributed by atoms with Crippen molar-refractivity contribution in [3.05, 3.63) is 0 Å². The van der Waals surface area contributed by atoms with Gasteiger partial charge in [0.05, 0.1) is 0 Å². The van der Waals surface area contributed by atoms with Gasteiger partial charge in [0, 0.05) is 0 Å². The number of nitrogens with two attached hydrogens (primary N) is 1. The number of nitrogens with one attached hydrogen (secondary N) is 1. The molecule has 0 aromatic carbocycles. The first-order valence-electron chi connectivity index (χ1n) is 6.08. The van der Waals surface area contributed by atoms with Crippen LogP contribution in [0.15, 0.2) is 0 Å². The fourth-order valence-electron chi connectivity index (χ4n) is 2.71. The van der Waals surface area contributed by atoms with Gasteiger partial charge in [-0.1, -0.05) is 20.8 Å². The lowest BCUT2D eigenvalue weighted by atomic mass is 9.69. The fraction of sp³-hybridized carbons (Fsp3) is 0.917. The first kappa shape index (κ1) is 12.5. The quantitative estimate of drug-likeness (QED) is 0.744. The van der Waals surface area contributed by atoms with Crippen LogP contribution in [0.4, 0.5) is 0 Å². The van der Waals surface area contributed by atoms with E-state index in [0.29, 0.717) is 5.92 Å². The number of carbonyl (C=O) groups is 1. The van der Waals surface area contributed by atoms with Crippen molar-refractivity contribution < 1.29 is 4.79 Å². The van der Waals surface area contributed by atoms with Crippen LogP contribution < -0.4 is 11.1 Å². The highest BCUT2D eigenvalue weighted by Crippen LogP contribution is 2.36. The molecule has 1 aliphatic rings. The molecular weight excluding hydrogens is 188 g/mol. The van der Waals surface area contributed by atoms with E-state index >= 15 is 0 Å². The van der Waals surface area contributed by atoms with Crippen LogP contribution >= 0.6 is 0 Å². The van der Waals surface area contributed by atoms with Gasteiger partial charge in [0.1, 0.15) is 5.54 Å². The number of amides is 1. The summed E-state index contributed by atoms with van der Waals surface area (Å²) in [6.07, 6.45) is 4.13. The SMILES string of the molecule is CCCNC1(C(N)=O)CCC(C)CC1C. The number of primary amides is 1. The summed E-state index contributed by atoms with van der Waals surface area (Å²) in [6.45, 7) is 7.38. The number of hydrogen-bond donors (Lipinski definition) is 2. The van der Waals surface area contributed by atoms with Gasteiger partial charge in [0.25, 0.3) is 0 Å². The molecule has 0 aromatic rings. The molecule has 1 amide bonds. The van der Waals surface area contributed by atoms with Crippen LogP contribution in [0.1, 0.15) is 46.5 Å². The highest BCUT2D eigenvalue weighted by Gasteiger charge is 2.44. The van der Waals surface area contributed by atoms with E-state index in [-0.39, 0.29) is 5.91 Å². The van der Waals surface area contributed by atoms with Gasteiger partial charge in [-0.3, -0.25) is 4.79 Å². The summed E-state index contributed by atoms with van der Waals surface area (Å²) in [7, 11) is 0. The normalized spacial score (nSPS) is 36.5. The number of hydrogen-bond acceptors (Lipinski definition) is 2. The largest absolute Gasteiger partial charge is 0.368 e. The maximum atomic E-state index is 11.7. The van der Waals surface area contributed by atoms with Crippen LogP contribution in [-0.4, -0.2) is 18.0 Å². The highest BCUT2D eigenvalue weighted by molar-refractivity contribution is 5.85. The summed E-state index contributed by atoms with van der Waals surface area (Å²) >= 11 is 0. The molecule has 0 bridgehead atoms. The zero-order valence-corrected chi connectivity index (χ0v) is 10.2. The summed E-state index contributed by atoms with van der Waals surface area (Å²) in [5.74, 6) is 0.900. The molecule has 1 rings (SSSR count). The molecule has 3 atom stereocenters. The van der Waals surface area contributed by atoms with Crippen LogP contribution in [0.3, 0.4) is 0 Å². The predicted octanol–water partition coefficient (Wildman–Crippen LogP) is 1.67. The molecule has 0 aromatic heterocycles. The van der Waals surface area contributed by atoms with Crippen LogP contribution in [0.25, 0.3) is 0 Å². The van der Waals surface area contributed by atoms with Crippen molar-refractivity contribution in [1.29, 1.82) is 0 Å². The Bertz CT molecular complexity index is 226. The predicted molar refractivity (Wildman–Crippen MR) is 62.4 cm³/mol. The monoisotopic (exact) mass is 212 g/mol. The summed E-state index contributed by atoms with van der Waals surface area (Å²) in [5, 5.41) is 3.38. The van der Waals surface area contributed by atoms with Crippen molar-refractivity contribution >= 4 is 5.91 Å². The van der Waals surface area contributed by atoms with E-state index < -0.39 is 5.54 Å². The molecule has 1 aliphatic carbocycles. The third kappa shape index (κ3) is 2.51. The number of carbonyl (C=O) groups excluding carboxylic acids is 1. The molecule has 88 valence electrons. The van der Waals surface area contributed by atoms with E-state index in [1.54, 1.807) is 0 Å². The van der Waals surface area contributed by atoms with E-state index in [4.69, 9.17) is 5.73 Å². The maximum absolute atomic E-state index is 11.7. The molecule has 0 spiro atoms. The van der Waals surface area contributed by atoms with E-state index in [9.17, 15) is 4.79 Å². The smallest absolute Gasteiger partial charge is 0.238 e. The third-order valence-corrected chi connectivity index (χ3v) is 3.76. The van der Waals surface area contributed by atoms with E-state index in [2.05, 4.69) is 26.1 Å². The minimum atomic E-state index is -0.442. The van der Waals surface area contributed by atoms with Crippen LogP contribution in [-0.2, 0) is 4.79 Å². The van der Waals surface area contributed by atoms with Gasteiger partial charge < -0.3 is 11.1 Å². The Morgan fingerprint density at radius 3 is 2.67 bits per heavy atom. The van der Waals surface area contributed by atoms with Gasteiger partial charge in [-0.25, -0.2) is 0 Å². The Morgan fingerprint density at radius 1 is 1.53 bits per heavy atom. The van der Waals surface area contributed by atoms with Crippen LogP contribution in [0.2, 0.25) is 0 Å². The Hall–Kier alpha value is -0.570. The average Bonchev–Trinajstić information content (AvgIpc) is 2.16. The van der Waals surface area contributed by atoms with Gasteiger partial charge >= 0.3 is 0 Å². The molecule has 3 nitrogen and oxygen atoms in total. The van der Waals surface area contributed by atoms with Crippen molar-refractivity contribution in [2.45, 2.75) is 52.0 Å². The van der Waals surface area contributed by atoms with Gasteiger partial charge in [-0.2, -0.15) is 0 Å². The number of rotatable bonds is 4. The standard InChI is InChI=1S/C12H24N2O/c1-4-7-14-12(11(13)15)6-5-9(2)8-10(12)3/h9-10,14H,4-8H2,1-3H3,(H2,13,15). The van der Waals surface area contributed by atoms with Crippen LogP contribution in [0, 0.1) is 11.8 Å². The van der Waals surface area contributed by atoms with Crippen molar-refractivity contribution in [3.63, 3.8) is 0 Å². The van der Waals surface area contributed by atoms with Crippen LogP contribution in [0.5, 0.6) is 0 Å². The van der Waals surface area contributed by atoms with Crippen molar-refractivity contribution in [2.75, 3.05) is 6.54 Å². The Kier molecular flexibility index (Phi) is 4.14. The molecule has 3 heteroatoms. The lowest BCUT2D eigenvalue weighted by Gasteiger charge is -2.43. The van der Waals surface area contributed by atoms with Crippen molar-refractivity contribution in [1.82, 2.24) is 5.32 Å². The Balaban J connectivity index is 2.75. The second kappa shape index (κ2) is 4.97. The van der Waals surface area contributed by atoms with Gasteiger partial charge in [-0.05, 0) is 44.1 Å². The fourth-order valence-corrected chi connectivity index (χ4v) is 2.71. The van der Waals surface area contributed by atoms with Gasteiger partial charge in [0.15, 0.2) is 0 Å². The van der Waals surface area contributed by atoms with E-state index in [1.165, 1.54) is 0 Å². The summed E-state index contributed by atoms with van der Waals surface area (Å²) in [6, 6.07) is 0. The van der Waals surface area contributed by atoms with Gasteiger partial charge in [-0.15, -0.1) is 0 Å². The Labute approximate surface area is 92.8 Å². The zero-order chi connectivity index (χ0) is 11.5.